The summed E-state index contributed by atoms with van der Waals surface area (Å²) in [4.78, 5) is 11.3. The van der Waals surface area contributed by atoms with Crippen LogP contribution in [-0.4, -0.2) is 39.4 Å². The summed E-state index contributed by atoms with van der Waals surface area (Å²) >= 11 is 1.41. The highest BCUT2D eigenvalue weighted by molar-refractivity contribution is 7.98. The minimum atomic E-state index is -0.489. The smallest absolute Gasteiger partial charge is 0.315 e. The van der Waals surface area contributed by atoms with Gasteiger partial charge in [-0.3, -0.25) is 10.1 Å². The largest absolute Gasteiger partial charge is 0.493 e. The molecule has 0 saturated carbocycles. The van der Waals surface area contributed by atoms with Crippen molar-refractivity contribution in [3.63, 3.8) is 0 Å². The van der Waals surface area contributed by atoms with E-state index in [0.29, 0.717) is 23.0 Å². The molecule has 0 bridgehead atoms. The van der Waals surface area contributed by atoms with Gasteiger partial charge in [-0.2, -0.15) is 9.78 Å². The number of ether oxygens (including phenoxy) is 2. The molecule has 9 nitrogen and oxygen atoms in total. The SMILES string of the molecule is CCc1nnc(SC)n1/N=C\c1cc(OC)c(OCc2ccccc2C)c([N+](=O)[O-])c1. The van der Waals surface area contributed by atoms with Crippen LogP contribution in [0.25, 0.3) is 0 Å². The molecule has 0 aliphatic heterocycles. The standard InChI is InChI=1S/C21H23N5O4S/c1-5-19-23-24-21(31-4)25(19)22-12-15-10-17(26(27)28)20(18(11-15)29-3)30-13-16-9-7-6-8-14(16)2/h6-12H,5,13H2,1-4H3/b22-12-. The number of aromatic nitrogens is 3. The zero-order valence-corrected chi connectivity index (χ0v) is 18.5. The molecule has 0 unspecified atom stereocenters. The van der Waals surface area contributed by atoms with Gasteiger partial charge in [0.15, 0.2) is 11.6 Å². The van der Waals surface area contributed by atoms with E-state index in [1.54, 1.807) is 10.7 Å². The first-order chi connectivity index (χ1) is 15.0. The molecule has 0 amide bonds. The normalized spacial score (nSPS) is 11.1. The fourth-order valence-corrected chi connectivity index (χ4v) is 3.37. The molecular formula is C21H23N5O4S. The Bertz CT molecular complexity index is 1090. The van der Waals surface area contributed by atoms with Crippen molar-refractivity contribution >= 4 is 23.7 Å². The van der Waals surface area contributed by atoms with Gasteiger partial charge < -0.3 is 9.47 Å². The van der Waals surface area contributed by atoms with E-state index in [1.165, 1.54) is 31.2 Å². The second-order valence-corrected chi connectivity index (χ2v) is 7.33. The molecule has 0 aliphatic carbocycles. The number of hydrogen-bond acceptors (Lipinski definition) is 8. The molecule has 31 heavy (non-hydrogen) atoms. The van der Waals surface area contributed by atoms with Gasteiger partial charge in [-0.15, -0.1) is 10.2 Å². The fraction of sp³-hybridized carbons (Fsp3) is 0.286. The third-order valence-electron chi connectivity index (χ3n) is 4.61. The van der Waals surface area contributed by atoms with Crippen molar-refractivity contribution in [2.24, 2.45) is 5.10 Å². The van der Waals surface area contributed by atoms with E-state index < -0.39 is 4.92 Å². The van der Waals surface area contributed by atoms with Crippen LogP contribution in [0.15, 0.2) is 46.7 Å². The number of rotatable bonds is 9. The summed E-state index contributed by atoms with van der Waals surface area (Å²) in [5.74, 6) is 1.03. The third kappa shape index (κ3) is 5.02. The maximum absolute atomic E-state index is 11.8. The Balaban J connectivity index is 1.96. The molecule has 3 aromatic rings. The van der Waals surface area contributed by atoms with Gasteiger partial charge in [0.1, 0.15) is 6.61 Å². The van der Waals surface area contributed by atoms with Crippen LogP contribution in [0, 0.1) is 17.0 Å². The summed E-state index contributed by atoms with van der Waals surface area (Å²) in [5, 5.41) is 25.0. The van der Waals surface area contributed by atoms with Crippen molar-refractivity contribution in [1.29, 1.82) is 0 Å². The molecule has 0 fully saturated rings. The molecule has 0 radical (unpaired) electrons. The molecule has 0 aliphatic rings. The highest BCUT2D eigenvalue weighted by Crippen LogP contribution is 2.38. The predicted octanol–water partition coefficient (Wildman–Crippen LogP) is 4.25. The molecule has 0 atom stereocenters. The van der Waals surface area contributed by atoms with Crippen LogP contribution in [0.2, 0.25) is 0 Å². The zero-order valence-electron chi connectivity index (χ0n) is 17.7. The molecule has 3 rings (SSSR count). The molecule has 10 heteroatoms. The lowest BCUT2D eigenvalue weighted by atomic mass is 10.1. The number of benzene rings is 2. The highest BCUT2D eigenvalue weighted by atomic mass is 32.2. The Labute approximate surface area is 184 Å². The lowest BCUT2D eigenvalue weighted by Crippen LogP contribution is -2.04. The van der Waals surface area contributed by atoms with E-state index in [1.807, 2.05) is 44.4 Å². The third-order valence-corrected chi connectivity index (χ3v) is 5.22. The lowest BCUT2D eigenvalue weighted by molar-refractivity contribution is -0.386. The molecule has 0 saturated heterocycles. The average Bonchev–Trinajstić information content (AvgIpc) is 3.18. The fourth-order valence-electron chi connectivity index (χ4n) is 2.92. The van der Waals surface area contributed by atoms with E-state index in [0.717, 1.165) is 11.1 Å². The Morgan fingerprint density at radius 2 is 2.06 bits per heavy atom. The number of nitro benzene ring substituents is 1. The van der Waals surface area contributed by atoms with E-state index in [2.05, 4.69) is 15.3 Å². The van der Waals surface area contributed by atoms with Crippen molar-refractivity contribution in [1.82, 2.24) is 14.9 Å². The second-order valence-electron chi connectivity index (χ2n) is 6.56. The molecule has 162 valence electrons. The van der Waals surface area contributed by atoms with Crippen LogP contribution in [0.4, 0.5) is 5.69 Å². The quantitative estimate of drug-likeness (QED) is 0.212. The summed E-state index contributed by atoms with van der Waals surface area (Å²) in [7, 11) is 1.45. The van der Waals surface area contributed by atoms with Gasteiger partial charge in [0.25, 0.3) is 0 Å². The first kappa shape index (κ1) is 22.3. The van der Waals surface area contributed by atoms with Gasteiger partial charge in [0, 0.05) is 18.1 Å². The molecular weight excluding hydrogens is 418 g/mol. The first-order valence-corrected chi connectivity index (χ1v) is 10.8. The molecule has 1 heterocycles. The first-order valence-electron chi connectivity index (χ1n) is 9.54. The molecule has 1 aromatic heterocycles. The van der Waals surface area contributed by atoms with Crippen molar-refractivity contribution in [2.45, 2.75) is 32.0 Å². The highest BCUT2D eigenvalue weighted by Gasteiger charge is 2.22. The number of hydrogen-bond donors (Lipinski definition) is 0. The summed E-state index contributed by atoms with van der Waals surface area (Å²) in [5.41, 5.74) is 2.28. The predicted molar refractivity (Wildman–Crippen MR) is 119 cm³/mol. The van der Waals surface area contributed by atoms with Gasteiger partial charge in [-0.05, 0) is 30.4 Å². The summed E-state index contributed by atoms with van der Waals surface area (Å²) in [6, 6.07) is 10.8. The van der Waals surface area contributed by atoms with Crippen molar-refractivity contribution in [3.8, 4) is 11.5 Å². The summed E-state index contributed by atoms with van der Waals surface area (Å²) in [6.07, 6.45) is 4.05. The van der Waals surface area contributed by atoms with E-state index >= 15 is 0 Å². The van der Waals surface area contributed by atoms with Crippen LogP contribution < -0.4 is 9.47 Å². The topological polar surface area (TPSA) is 105 Å². The van der Waals surface area contributed by atoms with Crippen LogP contribution in [0.5, 0.6) is 11.5 Å². The maximum atomic E-state index is 11.8. The minimum absolute atomic E-state index is 0.0799. The molecule has 0 spiro atoms. The average molecular weight is 442 g/mol. The van der Waals surface area contributed by atoms with Gasteiger partial charge in [0.05, 0.1) is 18.2 Å². The van der Waals surface area contributed by atoms with Crippen molar-refractivity contribution in [3.05, 3.63) is 69.0 Å². The monoisotopic (exact) mass is 441 g/mol. The number of methoxy groups -OCH3 is 1. The lowest BCUT2D eigenvalue weighted by Gasteiger charge is -2.13. The van der Waals surface area contributed by atoms with E-state index in [-0.39, 0.29) is 23.8 Å². The van der Waals surface area contributed by atoms with Crippen LogP contribution in [0.1, 0.15) is 29.4 Å². The number of aryl methyl sites for hydroxylation is 2. The minimum Gasteiger partial charge on any atom is -0.493 e. The Hall–Kier alpha value is -3.40. The van der Waals surface area contributed by atoms with Crippen molar-refractivity contribution in [2.75, 3.05) is 13.4 Å². The van der Waals surface area contributed by atoms with E-state index in [9.17, 15) is 10.1 Å². The van der Waals surface area contributed by atoms with Crippen molar-refractivity contribution < 1.29 is 14.4 Å². The zero-order chi connectivity index (χ0) is 22.4. The Kier molecular flexibility index (Phi) is 7.24. The van der Waals surface area contributed by atoms with Gasteiger partial charge >= 0.3 is 5.69 Å². The van der Waals surface area contributed by atoms with Crippen LogP contribution >= 0.6 is 11.8 Å². The second kappa shape index (κ2) is 10.1. The summed E-state index contributed by atoms with van der Waals surface area (Å²) in [6.45, 7) is 4.10. The van der Waals surface area contributed by atoms with Gasteiger partial charge in [-0.1, -0.05) is 43.0 Å². The molecule has 2 aromatic carbocycles. The number of thioether (sulfide) groups is 1. The van der Waals surface area contributed by atoms with Gasteiger partial charge in [0.2, 0.25) is 10.9 Å². The van der Waals surface area contributed by atoms with Crippen LogP contribution in [0.3, 0.4) is 0 Å². The number of nitrogens with zero attached hydrogens (tertiary/aromatic N) is 5. The summed E-state index contributed by atoms with van der Waals surface area (Å²) < 4.78 is 12.8. The maximum Gasteiger partial charge on any atom is 0.315 e. The Morgan fingerprint density at radius 1 is 1.29 bits per heavy atom. The molecule has 0 N–H and O–H groups in total. The van der Waals surface area contributed by atoms with Gasteiger partial charge in [-0.25, -0.2) is 0 Å². The Morgan fingerprint density at radius 3 is 2.71 bits per heavy atom. The number of nitro groups is 1. The van der Waals surface area contributed by atoms with Crippen LogP contribution in [-0.2, 0) is 13.0 Å². The van der Waals surface area contributed by atoms with E-state index in [4.69, 9.17) is 9.47 Å².